The van der Waals surface area contributed by atoms with Gasteiger partial charge in [0.05, 0.1) is 5.52 Å². The first kappa shape index (κ1) is 24.8. The van der Waals surface area contributed by atoms with E-state index in [9.17, 15) is 17.6 Å². The van der Waals surface area contributed by atoms with E-state index in [0.29, 0.717) is 5.82 Å². The maximum absolute atomic E-state index is 15.0. The molecule has 0 saturated carbocycles. The van der Waals surface area contributed by atoms with Crippen LogP contribution in [0.4, 0.5) is 29.2 Å². The Balaban J connectivity index is 0.000000244. The Morgan fingerprint density at radius 3 is 2.42 bits per heavy atom. The largest absolute Gasteiger partial charge is 0.331 e. The number of aromatic nitrogens is 6. The molecule has 0 radical (unpaired) electrons. The van der Waals surface area contributed by atoms with Crippen molar-refractivity contribution < 1.29 is 17.6 Å². The molecule has 38 heavy (non-hydrogen) atoms. The van der Waals surface area contributed by atoms with E-state index in [0.717, 1.165) is 46.9 Å². The quantitative estimate of drug-likeness (QED) is 0.261. The standard InChI is InChI=1S/C19H13F4N5.C8H6N2/c1-10-9-15(28-27-10)24-17-13-3-2-4-14(21)16(13)25-18(26-17)19(22,23)11-5-7-12(20)8-6-11;1-2-4-8-7(3-1)5-9-6-10-8/h2-9H,1H3,(H2,24,25,26,27,28);1-6H. The second-order valence-corrected chi connectivity index (χ2v) is 8.26. The predicted octanol–water partition coefficient (Wildman–Crippen LogP) is 6.45. The van der Waals surface area contributed by atoms with Crippen LogP contribution in [0.25, 0.3) is 21.8 Å². The Morgan fingerprint density at radius 2 is 1.68 bits per heavy atom. The molecule has 0 fully saturated rings. The van der Waals surface area contributed by atoms with Crippen molar-refractivity contribution >= 4 is 33.4 Å². The van der Waals surface area contributed by atoms with Crippen molar-refractivity contribution in [2.45, 2.75) is 12.8 Å². The van der Waals surface area contributed by atoms with Crippen LogP contribution in [0.3, 0.4) is 0 Å². The van der Waals surface area contributed by atoms with Crippen LogP contribution in [0.1, 0.15) is 17.1 Å². The van der Waals surface area contributed by atoms with Gasteiger partial charge in [0.25, 0.3) is 0 Å². The number of fused-ring (bicyclic) bond motifs is 2. The summed E-state index contributed by atoms with van der Waals surface area (Å²) in [5.74, 6) is -5.68. The van der Waals surface area contributed by atoms with Crippen LogP contribution >= 0.6 is 0 Å². The zero-order chi connectivity index (χ0) is 26.7. The Labute approximate surface area is 213 Å². The zero-order valence-corrected chi connectivity index (χ0v) is 19.8. The third kappa shape index (κ3) is 5.12. The molecule has 0 saturated heterocycles. The van der Waals surface area contributed by atoms with E-state index in [4.69, 9.17) is 0 Å². The summed E-state index contributed by atoms with van der Waals surface area (Å²) < 4.78 is 57.4. The maximum atomic E-state index is 15.0. The summed E-state index contributed by atoms with van der Waals surface area (Å²) in [5.41, 5.74) is 0.969. The van der Waals surface area contributed by atoms with Gasteiger partial charge in [-0.25, -0.2) is 28.7 Å². The second-order valence-electron chi connectivity index (χ2n) is 8.26. The van der Waals surface area contributed by atoms with E-state index in [2.05, 4.69) is 35.5 Å². The summed E-state index contributed by atoms with van der Waals surface area (Å²) in [6.45, 7) is 1.77. The first-order chi connectivity index (χ1) is 18.3. The van der Waals surface area contributed by atoms with Crippen LogP contribution in [0.5, 0.6) is 0 Å². The van der Waals surface area contributed by atoms with Crippen molar-refractivity contribution in [3.05, 3.63) is 114 Å². The number of halogens is 4. The van der Waals surface area contributed by atoms with E-state index in [1.54, 1.807) is 19.3 Å². The monoisotopic (exact) mass is 517 g/mol. The second kappa shape index (κ2) is 10.2. The molecule has 0 unspecified atom stereocenters. The third-order valence-electron chi connectivity index (χ3n) is 5.53. The highest BCUT2D eigenvalue weighted by Crippen LogP contribution is 2.36. The lowest BCUT2D eigenvalue weighted by Crippen LogP contribution is -2.20. The number of rotatable bonds is 4. The fraction of sp³-hybridized carbons (Fsp3) is 0.0741. The number of H-pyrrole nitrogens is 1. The molecule has 3 heterocycles. The number of aryl methyl sites for hydroxylation is 1. The Kier molecular flexibility index (Phi) is 6.65. The minimum absolute atomic E-state index is 0.0206. The fourth-order valence-corrected chi connectivity index (χ4v) is 3.67. The maximum Gasteiger partial charge on any atom is 0.331 e. The van der Waals surface area contributed by atoms with Gasteiger partial charge < -0.3 is 5.32 Å². The fourth-order valence-electron chi connectivity index (χ4n) is 3.67. The van der Waals surface area contributed by atoms with Crippen molar-refractivity contribution in [1.29, 1.82) is 0 Å². The molecule has 0 bridgehead atoms. The lowest BCUT2D eigenvalue weighted by Gasteiger charge is -2.17. The van der Waals surface area contributed by atoms with Crippen LogP contribution < -0.4 is 5.32 Å². The van der Waals surface area contributed by atoms with Crippen LogP contribution in [0.15, 0.2) is 85.3 Å². The van der Waals surface area contributed by atoms with Crippen LogP contribution in [-0.2, 0) is 5.92 Å². The minimum atomic E-state index is -3.66. The Bertz CT molecular complexity index is 1650. The van der Waals surface area contributed by atoms with Crippen molar-refractivity contribution in [3.8, 4) is 0 Å². The summed E-state index contributed by atoms with van der Waals surface area (Å²) in [4.78, 5) is 15.7. The number of nitrogens with zero attached hydrogens (tertiary/aromatic N) is 5. The molecule has 0 amide bonds. The molecule has 3 aromatic heterocycles. The number of alkyl halides is 2. The van der Waals surface area contributed by atoms with Gasteiger partial charge in [0, 0.05) is 34.3 Å². The van der Waals surface area contributed by atoms with E-state index in [-0.39, 0.29) is 16.7 Å². The highest BCUT2D eigenvalue weighted by molar-refractivity contribution is 5.91. The normalized spacial score (nSPS) is 11.3. The average molecular weight is 517 g/mol. The molecule has 190 valence electrons. The predicted molar refractivity (Wildman–Crippen MR) is 135 cm³/mol. The zero-order valence-electron chi connectivity index (χ0n) is 19.8. The van der Waals surface area contributed by atoms with Gasteiger partial charge in [0.2, 0.25) is 5.82 Å². The average Bonchev–Trinajstić information content (AvgIpc) is 3.34. The molecule has 6 rings (SSSR count). The van der Waals surface area contributed by atoms with Gasteiger partial charge in [-0.05, 0) is 49.4 Å². The molecule has 0 atom stereocenters. The summed E-state index contributed by atoms with van der Waals surface area (Å²) >= 11 is 0. The van der Waals surface area contributed by atoms with E-state index < -0.39 is 28.9 Å². The first-order valence-corrected chi connectivity index (χ1v) is 11.4. The number of nitrogens with one attached hydrogen (secondary N) is 2. The van der Waals surface area contributed by atoms with Crippen molar-refractivity contribution in [3.63, 3.8) is 0 Å². The molecular formula is C27H19F4N7. The highest BCUT2D eigenvalue weighted by Gasteiger charge is 2.38. The van der Waals surface area contributed by atoms with E-state index >= 15 is 0 Å². The smallest absolute Gasteiger partial charge is 0.323 e. The number of hydrogen-bond donors (Lipinski definition) is 2. The van der Waals surface area contributed by atoms with Crippen molar-refractivity contribution in [2.75, 3.05) is 5.32 Å². The number of benzene rings is 3. The minimum Gasteiger partial charge on any atom is -0.323 e. The van der Waals surface area contributed by atoms with Gasteiger partial charge >= 0.3 is 5.92 Å². The molecule has 0 spiro atoms. The lowest BCUT2D eigenvalue weighted by molar-refractivity contribution is 0.0332. The van der Waals surface area contributed by atoms with Crippen molar-refractivity contribution in [1.82, 2.24) is 30.1 Å². The molecule has 0 aliphatic carbocycles. The molecular weight excluding hydrogens is 498 g/mol. The molecule has 0 aliphatic rings. The number of anilines is 2. The molecule has 0 aliphatic heterocycles. The van der Waals surface area contributed by atoms with Gasteiger partial charge in [0.1, 0.15) is 29.3 Å². The lowest BCUT2D eigenvalue weighted by atomic mass is 10.1. The van der Waals surface area contributed by atoms with Gasteiger partial charge in [-0.15, -0.1) is 0 Å². The molecule has 6 aromatic rings. The SMILES string of the molecule is Cc1cc(Nc2nc(C(F)(F)c3ccc(F)cc3)nc3c(F)cccc23)n[nH]1.c1ccc2ncncc2c1. The van der Waals surface area contributed by atoms with Gasteiger partial charge in [-0.3, -0.25) is 5.10 Å². The third-order valence-corrected chi connectivity index (χ3v) is 5.53. The van der Waals surface area contributed by atoms with Crippen LogP contribution in [-0.4, -0.2) is 30.1 Å². The number of hydrogen-bond acceptors (Lipinski definition) is 6. The molecule has 3 aromatic carbocycles. The number of para-hydroxylation sites is 2. The van der Waals surface area contributed by atoms with Crippen LogP contribution in [0, 0.1) is 18.6 Å². The molecule has 7 nitrogen and oxygen atoms in total. The van der Waals surface area contributed by atoms with Crippen LogP contribution in [0.2, 0.25) is 0 Å². The van der Waals surface area contributed by atoms with Gasteiger partial charge in [-0.2, -0.15) is 13.9 Å². The number of aromatic amines is 1. The summed E-state index contributed by atoms with van der Waals surface area (Å²) in [6.07, 6.45) is 3.37. The van der Waals surface area contributed by atoms with Crippen molar-refractivity contribution in [2.24, 2.45) is 0 Å². The van der Waals surface area contributed by atoms with E-state index in [1.807, 2.05) is 30.5 Å². The summed E-state index contributed by atoms with van der Waals surface area (Å²) in [7, 11) is 0. The summed E-state index contributed by atoms with van der Waals surface area (Å²) in [6, 6.07) is 17.3. The molecule has 2 N–H and O–H groups in total. The van der Waals surface area contributed by atoms with E-state index in [1.165, 1.54) is 12.1 Å². The topological polar surface area (TPSA) is 92.3 Å². The van der Waals surface area contributed by atoms with Gasteiger partial charge in [-0.1, -0.05) is 24.3 Å². The molecule has 11 heteroatoms. The Hall–Kier alpha value is -4.93. The van der Waals surface area contributed by atoms with Gasteiger partial charge in [0.15, 0.2) is 5.82 Å². The Morgan fingerprint density at radius 1 is 0.895 bits per heavy atom. The summed E-state index contributed by atoms with van der Waals surface area (Å²) in [5, 5.41) is 10.8. The first-order valence-electron chi connectivity index (χ1n) is 11.4. The highest BCUT2D eigenvalue weighted by atomic mass is 19.3.